The van der Waals surface area contributed by atoms with Gasteiger partial charge in [0, 0.05) is 5.92 Å². The number of rotatable bonds is 3. The molecule has 3 nitrogen and oxygen atoms in total. The van der Waals surface area contributed by atoms with Crippen LogP contribution in [0.3, 0.4) is 0 Å². The summed E-state index contributed by atoms with van der Waals surface area (Å²) >= 11 is 6.19. The molecule has 22 heavy (non-hydrogen) atoms. The largest absolute Gasteiger partial charge is 0.481 e. The van der Waals surface area contributed by atoms with E-state index in [4.69, 9.17) is 21.4 Å². The molecule has 0 aromatic heterocycles. The molecular weight excluding hydrogens is 300 g/mol. The second kappa shape index (κ2) is 4.75. The third kappa shape index (κ3) is 2.08. The van der Waals surface area contributed by atoms with Gasteiger partial charge in [-0.2, -0.15) is 0 Å². The number of benzene rings is 2. The normalized spacial score (nSPS) is 24.5. The van der Waals surface area contributed by atoms with Crippen LogP contribution in [0.4, 0.5) is 0 Å². The van der Waals surface area contributed by atoms with Crippen molar-refractivity contribution in [2.75, 3.05) is 0 Å². The lowest BCUT2D eigenvalue weighted by atomic mass is 10.0. The van der Waals surface area contributed by atoms with E-state index in [-0.39, 0.29) is 17.8 Å². The highest BCUT2D eigenvalue weighted by Crippen LogP contribution is 2.61. The fourth-order valence-corrected chi connectivity index (χ4v) is 3.88. The van der Waals surface area contributed by atoms with Gasteiger partial charge < -0.3 is 9.84 Å². The van der Waals surface area contributed by atoms with Gasteiger partial charge >= 0.3 is 5.97 Å². The predicted octanol–water partition coefficient (Wildman–Crippen LogP) is 4.41. The van der Waals surface area contributed by atoms with E-state index in [1.54, 1.807) is 0 Å². The van der Waals surface area contributed by atoms with Crippen LogP contribution in [0.25, 0.3) is 0 Å². The van der Waals surface area contributed by atoms with Gasteiger partial charge in [0.05, 0.1) is 10.9 Å². The summed E-state index contributed by atoms with van der Waals surface area (Å²) in [4.78, 5) is 11.1. The number of carboxylic acids is 1. The minimum atomic E-state index is -0.674. The molecule has 1 fully saturated rings. The topological polar surface area (TPSA) is 46.5 Å². The van der Waals surface area contributed by atoms with Crippen molar-refractivity contribution >= 4 is 17.6 Å². The Labute approximate surface area is 133 Å². The summed E-state index contributed by atoms with van der Waals surface area (Å²) in [5.74, 6) is 0.991. The van der Waals surface area contributed by atoms with Crippen molar-refractivity contribution in [2.45, 2.75) is 19.3 Å². The van der Waals surface area contributed by atoms with Crippen molar-refractivity contribution < 1.29 is 14.6 Å². The lowest BCUT2D eigenvalue weighted by Gasteiger charge is -2.11. The average Bonchev–Trinajstić information content (AvgIpc) is 3.06. The van der Waals surface area contributed by atoms with E-state index in [1.807, 2.05) is 43.3 Å². The summed E-state index contributed by atoms with van der Waals surface area (Å²) in [6, 6.07) is 11.6. The molecule has 0 spiro atoms. The Balaban J connectivity index is 1.58. The number of hydrogen-bond acceptors (Lipinski definition) is 2. The van der Waals surface area contributed by atoms with Gasteiger partial charge in [0.1, 0.15) is 11.5 Å². The van der Waals surface area contributed by atoms with Gasteiger partial charge in [-0.05, 0) is 60.2 Å². The molecule has 0 bridgehead atoms. The highest BCUT2D eigenvalue weighted by molar-refractivity contribution is 6.32. The number of halogens is 1. The third-order valence-corrected chi connectivity index (χ3v) is 4.99. The molecule has 4 heteroatoms. The quantitative estimate of drug-likeness (QED) is 0.912. The molecule has 0 amide bonds. The fourth-order valence-electron chi connectivity index (χ4n) is 3.61. The minimum absolute atomic E-state index is 0.189. The molecule has 1 N–H and O–H groups in total. The smallest absolute Gasteiger partial charge is 0.307 e. The van der Waals surface area contributed by atoms with E-state index < -0.39 is 5.97 Å². The molecular formula is C18H15ClO3. The van der Waals surface area contributed by atoms with E-state index in [0.717, 1.165) is 17.7 Å². The molecule has 2 aromatic carbocycles. The summed E-state index contributed by atoms with van der Waals surface area (Å²) in [5.41, 5.74) is 3.46. The van der Waals surface area contributed by atoms with Crippen LogP contribution >= 0.6 is 11.6 Å². The Morgan fingerprint density at radius 2 is 2.09 bits per heavy atom. The van der Waals surface area contributed by atoms with Crippen LogP contribution in [0.2, 0.25) is 5.02 Å². The molecule has 0 heterocycles. The molecule has 112 valence electrons. The second-order valence-corrected chi connectivity index (χ2v) is 6.56. The molecule has 2 aromatic rings. The van der Waals surface area contributed by atoms with E-state index in [1.165, 1.54) is 11.1 Å². The first kappa shape index (κ1) is 13.6. The molecule has 0 aliphatic heterocycles. The van der Waals surface area contributed by atoms with Crippen LogP contribution in [-0.2, 0) is 11.2 Å². The Kier molecular flexibility index (Phi) is 2.95. The summed E-state index contributed by atoms with van der Waals surface area (Å²) in [5, 5.41) is 9.74. The van der Waals surface area contributed by atoms with Crippen molar-refractivity contribution in [3.63, 3.8) is 0 Å². The lowest BCUT2D eigenvalue weighted by molar-refractivity contribution is -0.139. The Hall–Kier alpha value is -2.00. The highest BCUT2D eigenvalue weighted by Gasteiger charge is 2.59. The summed E-state index contributed by atoms with van der Waals surface area (Å²) in [7, 11) is 0. The van der Waals surface area contributed by atoms with Crippen molar-refractivity contribution in [1.82, 2.24) is 0 Å². The molecule has 1 saturated carbocycles. The molecule has 2 aliphatic rings. The number of ether oxygens (including phenoxy) is 1. The van der Waals surface area contributed by atoms with Crippen LogP contribution in [-0.4, -0.2) is 11.1 Å². The second-order valence-electron chi connectivity index (χ2n) is 6.15. The molecule has 0 radical (unpaired) electrons. The van der Waals surface area contributed by atoms with Gasteiger partial charge in [-0.1, -0.05) is 23.7 Å². The number of aryl methyl sites for hydroxylation is 1. The Bertz CT molecular complexity index is 784. The molecule has 0 unspecified atom stereocenters. The number of aliphatic carboxylic acids is 1. The zero-order valence-corrected chi connectivity index (χ0v) is 12.8. The third-order valence-electron chi connectivity index (χ3n) is 4.70. The maximum Gasteiger partial charge on any atom is 0.307 e. The Morgan fingerprint density at radius 1 is 1.27 bits per heavy atom. The van der Waals surface area contributed by atoms with Gasteiger partial charge in [-0.15, -0.1) is 0 Å². The van der Waals surface area contributed by atoms with Crippen LogP contribution in [0.5, 0.6) is 11.5 Å². The monoisotopic (exact) mass is 314 g/mol. The first-order valence-electron chi connectivity index (χ1n) is 7.34. The zero-order chi connectivity index (χ0) is 15.4. The van der Waals surface area contributed by atoms with Crippen LogP contribution in [0.15, 0.2) is 36.4 Å². The maximum atomic E-state index is 11.1. The van der Waals surface area contributed by atoms with E-state index >= 15 is 0 Å². The molecule has 0 saturated heterocycles. The summed E-state index contributed by atoms with van der Waals surface area (Å²) < 4.78 is 5.87. The Morgan fingerprint density at radius 3 is 2.82 bits per heavy atom. The standard InChI is InChI=1S/C18H15ClO3/c1-9-2-5-15(14(19)6-9)22-11-3-4-12-10(7-11)8-13-16(12)17(13)18(20)21/h2-7,13,16-17H,8H2,1H3,(H,20,21)/t13-,16+,17+/m1/s1. The minimum Gasteiger partial charge on any atom is -0.481 e. The number of carboxylic acid groups (broad SMARTS) is 1. The fraction of sp³-hybridized carbons (Fsp3) is 0.278. The van der Waals surface area contributed by atoms with E-state index in [0.29, 0.717) is 10.8 Å². The van der Waals surface area contributed by atoms with Crippen LogP contribution < -0.4 is 4.74 Å². The van der Waals surface area contributed by atoms with Gasteiger partial charge in [0.15, 0.2) is 0 Å². The van der Waals surface area contributed by atoms with Gasteiger partial charge in [-0.3, -0.25) is 4.79 Å². The maximum absolute atomic E-state index is 11.1. The lowest BCUT2D eigenvalue weighted by Crippen LogP contribution is -2.05. The number of hydrogen-bond donors (Lipinski definition) is 1. The van der Waals surface area contributed by atoms with E-state index in [9.17, 15) is 4.79 Å². The molecule has 4 rings (SSSR count). The number of fused-ring (bicyclic) bond motifs is 3. The molecule has 3 atom stereocenters. The van der Waals surface area contributed by atoms with Crippen molar-refractivity contribution in [3.05, 3.63) is 58.1 Å². The van der Waals surface area contributed by atoms with Gasteiger partial charge in [0.25, 0.3) is 0 Å². The average molecular weight is 315 g/mol. The zero-order valence-electron chi connectivity index (χ0n) is 12.0. The van der Waals surface area contributed by atoms with Crippen LogP contribution in [0.1, 0.15) is 22.6 Å². The van der Waals surface area contributed by atoms with Gasteiger partial charge in [0.2, 0.25) is 0 Å². The molecule has 2 aliphatic carbocycles. The first-order valence-corrected chi connectivity index (χ1v) is 7.72. The van der Waals surface area contributed by atoms with Gasteiger partial charge in [-0.25, -0.2) is 0 Å². The predicted molar refractivity (Wildman–Crippen MR) is 83.8 cm³/mol. The highest BCUT2D eigenvalue weighted by atomic mass is 35.5. The number of carbonyl (C=O) groups is 1. The first-order chi connectivity index (χ1) is 10.5. The van der Waals surface area contributed by atoms with Crippen molar-refractivity contribution in [3.8, 4) is 11.5 Å². The van der Waals surface area contributed by atoms with Crippen LogP contribution in [0, 0.1) is 18.8 Å². The van der Waals surface area contributed by atoms with E-state index in [2.05, 4.69) is 0 Å². The van der Waals surface area contributed by atoms with Crippen molar-refractivity contribution in [2.24, 2.45) is 11.8 Å². The van der Waals surface area contributed by atoms with Crippen molar-refractivity contribution in [1.29, 1.82) is 0 Å². The summed E-state index contributed by atoms with van der Waals surface area (Å²) in [6.45, 7) is 1.98. The summed E-state index contributed by atoms with van der Waals surface area (Å²) in [6.07, 6.45) is 0.829. The SMILES string of the molecule is Cc1ccc(Oc2ccc3c(c2)C[C@H]2[C@H](C(=O)O)[C@@H]32)c(Cl)c1.